The number of ketones is 1. The Balaban J connectivity index is 2.09. The van der Waals surface area contributed by atoms with Gasteiger partial charge in [-0.25, -0.2) is 9.59 Å². The molecular formula is C30H39N3O13. The lowest BCUT2D eigenvalue weighted by Gasteiger charge is -2.43. The fourth-order valence-electron chi connectivity index (χ4n) is 4.37. The fraction of sp³-hybridized carbons (Fsp3) is 0.567. The van der Waals surface area contributed by atoms with Crippen LogP contribution < -0.4 is 10.1 Å². The van der Waals surface area contributed by atoms with Gasteiger partial charge in [-0.2, -0.15) is 4.79 Å². The summed E-state index contributed by atoms with van der Waals surface area (Å²) in [4.78, 5) is 74.3. The molecule has 1 unspecified atom stereocenters. The van der Waals surface area contributed by atoms with Crippen LogP contribution in [0.25, 0.3) is 5.53 Å². The smallest absolute Gasteiger partial charge is 0.408 e. The molecular weight excluding hydrogens is 610 g/mol. The highest BCUT2D eigenvalue weighted by Gasteiger charge is 2.49. The third-order valence-corrected chi connectivity index (χ3v) is 6.39. The van der Waals surface area contributed by atoms with Crippen molar-refractivity contribution in [3.8, 4) is 5.75 Å². The monoisotopic (exact) mass is 649 g/mol. The number of alkyl carbamates (subject to hydrolysis) is 1. The van der Waals surface area contributed by atoms with E-state index in [0.717, 1.165) is 0 Å². The van der Waals surface area contributed by atoms with Gasteiger partial charge in [0, 0.05) is 33.1 Å². The Bertz CT molecular complexity index is 1290. The van der Waals surface area contributed by atoms with Crippen molar-refractivity contribution in [3.05, 3.63) is 35.4 Å². The molecule has 2 rings (SSSR count). The molecule has 1 fully saturated rings. The highest BCUT2D eigenvalue weighted by molar-refractivity contribution is 6.25. The summed E-state index contributed by atoms with van der Waals surface area (Å²) in [5.41, 5.74) is 9.03. The summed E-state index contributed by atoms with van der Waals surface area (Å²) in [6.45, 7) is 8.14. The Labute approximate surface area is 265 Å². The maximum atomic E-state index is 12.5. The van der Waals surface area contributed by atoms with Gasteiger partial charge in [0.05, 0.1) is 6.10 Å². The van der Waals surface area contributed by atoms with Crippen LogP contribution in [0.15, 0.2) is 24.3 Å². The zero-order chi connectivity index (χ0) is 34.4. The second-order valence-electron chi connectivity index (χ2n) is 10.6. The van der Waals surface area contributed by atoms with Crippen molar-refractivity contribution in [2.24, 2.45) is 5.92 Å². The van der Waals surface area contributed by atoms with Crippen LogP contribution in [-0.4, -0.2) is 90.1 Å². The molecule has 0 spiro atoms. The van der Waals surface area contributed by atoms with E-state index in [2.05, 4.69) is 10.1 Å². The first-order valence-corrected chi connectivity index (χ1v) is 14.4. The standard InChI is InChI=1S/C30H39N3O13/c1-16(2)42-28(38)24(12-9-22(37)13-32-31)33-30(39)41-14-21-7-10-23(11-8-21)45-29-27(44-20(6)36)17(3)26(43-19(5)35)25(46-29)15-40-18(4)34/h7-8,10-11,13,16-17,24-27,29H,9,12,14-15H2,1-6H3,(H,33,39)/t17-,24-,25+,26+,27?,29-/m0/s1. The second kappa shape index (κ2) is 18.2. The van der Waals surface area contributed by atoms with Gasteiger partial charge in [0.15, 0.2) is 6.10 Å². The molecule has 1 aliphatic heterocycles. The summed E-state index contributed by atoms with van der Waals surface area (Å²) in [5.74, 6) is -3.44. The highest BCUT2D eigenvalue weighted by atomic mass is 16.7. The number of benzene rings is 1. The predicted octanol–water partition coefficient (Wildman–Crippen LogP) is 2.05. The molecule has 1 aromatic carbocycles. The van der Waals surface area contributed by atoms with Crippen LogP contribution in [0, 0.1) is 5.92 Å². The molecule has 16 heteroatoms. The number of nitrogens with one attached hydrogen (secondary N) is 1. The van der Waals surface area contributed by atoms with E-state index in [-0.39, 0.29) is 31.8 Å². The minimum Gasteiger partial charge on any atom is -0.463 e. The quantitative estimate of drug-likeness (QED) is 0.0947. The Morgan fingerprint density at radius 3 is 2.15 bits per heavy atom. The maximum absolute atomic E-state index is 12.5. The largest absolute Gasteiger partial charge is 0.463 e. The number of carbonyl (C=O) groups is 6. The topological polar surface area (TPSA) is 215 Å². The van der Waals surface area contributed by atoms with E-state index >= 15 is 0 Å². The molecule has 0 aliphatic carbocycles. The van der Waals surface area contributed by atoms with Crippen LogP contribution in [0.2, 0.25) is 0 Å². The van der Waals surface area contributed by atoms with E-state index in [9.17, 15) is 28.8 Å². The molecule has 0 radical (unpaired) electrons. The van der Waals surface area contributed by atoms with Crippen molar-refractivity contribution >= 4 is 42.0 Å². The second-order valence-corrected chi connectivity index (χ2v) is 10.6. The summed E-state index contributed by atoms with van der Waals surface area (Å²) in [6.07, 6.45) is -5.02. The summed E-state index contributed by atoms with van der Waals surface area (Å²) >= 11 is 0. The van der Waals surface area contributed by atoms with Crippen molar-refractivity contribution in [2.45, 2.75) is 97.7 Å². The summed E-state index contributed by atoms with van der Waals surface area (Å²) in [5, 5.41) is 2.38. The third kappa shape index (κ3) is 12.7. The normalized spacial score (nSPS) is 21.1. The lowest BCUT2D eigenvalue weighted by atomic mass is 9.90. The summed E-state index contributed by atoms with van der Waals surface area (Å²) < 4.78 is 38.2. The number of hydrogen-bond acceptors (Lipinski definition) is 13. The molecule has 16 nitrogen and oxygen atoms in total. The van der Waals surface area contributed by atoms with Gasteiger partial charge in [0.2, 0.25) is 12.1 Å². The lowest BCUT2D eigenvalue weighted by Crippen LogP contribution is -2.58. The van der Waals surface area contributed by atoms with Gasteiger partial charge >= 0.3 is 36.2 Å². The van der Waals surface area contributed by atoms with Crippen LogP contribution in [0.5, 0.6) is 5.75 Å². The number of nitrogens with zero attached hydrogens (tertiary/aromatic N) is 2. The van der Waals surface area contributed by atoms with Gasteiger partial charge < -0.3 is 44.0 Å². The average Bonchev–Trinajstić information content (AvgIpc) is 2.96. The Hall–Kier alpha value is -4.82. The first-order valence-electron chi connectivity index (χ1n) is 14.4. The minimum atomic E-state index is -1.19. The van der Waals surface area contributed by atoms with E-state index in [1.807, 2.05) is 0 Å². The minimum absolute atomic E-state index is 0.114. The molecule has 1 saturated heterocycles. The molecule has 1 heterocycles. The Morgan fingerprint density at radius 2 is 1.59 bits per heavy atom. The molecule has 0 bridgehead atoms. The van der Waals surface area contributed by atoms with Crippen molar-refractivity contribution in [3.63, 3.8) is 0 Å². The van der Waals surface area contributed by atoms with Gasteiger partial charge in [-0.1, -0.05) is 19.1 Å². The van der Waals surface area contributed by atoms with Gasteiger partial charge in [-0.3, -0.25) is 19.2 Å². The first kappa shape index (κ1) is 37.4. The number of amides is 1. The van der Waals surface area contributed by atoms with E-state index in [4.69, 9.17) is 38.7 Å². The summed E-state index contributed by atoms with van der Waals surface area (Å²) in [7, 11) is 0. The van der Waals surface area contributed by atoms with Crippen LogP contribution in [-0.2, 0) is 59.0 Å². The summed E-state index contributed by atoms with van der Waals surface area (Å²) in [6, 6.07) is 5.09. The average molecular weight is 650 g/mol. The molecule has 46 heavy (non-hydrogen) atoms. The molecule has 1 amide bonds. The predicted molar refractivity (Wildman–Crippen MR) is 155 cm³/mol. The first-order chi connectivity index (χ1) is 21.7. The zero-order valence-electron chi connectivity index (χ0n) is 26.5. The molecule has 1 N–H and O–H groups in total. The van der Waals surface area contributed by atoms with Crippen molar-refractivity contribution in [2.75, 3.05) is 6.61 Å². The van der Waals surface area contributed by atoms with E-state index < -0.39 is 78.4 Å². The van der Waals surface area contributed by atoms with Gasteiger partial charge in [0.1, 0.15) is 37.2 Å². The molecule has 6 atom stereocenters. The number of rotatable bonds is 15. The lowest BCUT2D eigenvalue weighted by molar-refractivity contribution is -0.271. The SMILES string of the molecule is CC(=O)OC[C@H]1O[C@H](Oc2ccc(COC(=O)N[C@@H](CCC(=O)C=[N+]=[N-])C(=O)OC(C)C)cc2)C(OC(C)=O)[C@@H](C)[C@H]1OC(C)=O. The maximum Gasteiger partial charge on any atom is 0.408 e. The molecule has 1 aliphatic rings. The van der Waals surface area contributed by atoms with E-state index in [1.54, 1.807) is 45.0 Å². The Morgan fingerprint density at radius 1 is 0.957 bits per heavy atom. The number of esters is 4. The number of Topliss-reactive ketones (excluding diaryl/α,β-unsaturated/α-hetero) is 1. The van der Waals surface area contributed by atoms with E-state index in [1.165, 1.54) is 20.8 Å². The third-order valence-electron chi connectivity index (χ3n) is 6.39. The van der Waals surface area contributed by atoms with Crippen molar-refractivity contribution in [1.82, 2.24) is 5.32 Å². The highest BCUT2D eigenvalue weighted by Crippen LogP contribution is 2.32. The van der Waals surface area contributed by atoms with Gasteiger partial charge in [0.25, 0.3) is 0 Å². The van der Waals surface area contributed by atoms with Crippen molar-refractivity contribution in [1.29, 1.82) is 0 Å². The van der Waals surface area contributed by atoms with Crippen molar-refractivity contribution < 1.29 is 66.7 Å². The van der Waals surface area contributed by atoms with Crippen LogP contribution in [0.1, 0.15) is 59.9 Å². The zero-order valence-corrected chi connectivity index (χ0v) is 26.5. The van der Waals surface area contributed by atoms with E-state index in [0.29, 0.717) is 11.8 Å². The van der Waals surface area contributed by atoms with Crippen LogP contribution >= 0.6 is 0 Å². The fourth-order valence-corrected chi connectivity index (χ4v) is 4.37. The molecule has 1 aromatic rings. The number of ether oxygens (including phenoxy) is 7. The molecule has 0 aromatic heterocycles. The molecule has 252 valence electrons. The van der Waals surface area contributed by atoms with Gasteiger partial charge in [-0.15, -0.1) is 0 Å². The van der Waals surface area contributed by atoms with Gasteiger partial charge in [-0.05, 0) is 38.0 Å². The number of carbonyl (C=O) groups excluding carboxylic acids is 6. The van der Waals surface area contributed by atoms with Crippen LogP contribution in [0.3, 0.4) is 0 Å². The number of hydrogen-bond donors (Lipinski definition) is 1. The Kier molecular flexibility index (Phi) is 14.8. The van der Waals surface area contributed by atoms with Crippen LogP contribution in [0.4, 0.5) is 4.79 Å². The molecule has 0 saturated carbocycles.